The van der Waals surface area contributed by atoms with E-state index in [0.717, 1.165) is 5.75 Å². The van der Waals surface area contributed by atoms with E-state index in [-0.39, 0.29) is 0 Å². The molecular weight excluding hydrogens is 333 g/mol. The zero-order valence-corrected chi connectivity index (χ0v) is 20.4. The lowest BCUT2D eigenvalue weighted by molar-refractivity contribution is 0.414. The molecular formula is C17H36OSi4. The van der Waals surface area contributed by atoms with Crippen molar-refractivity contribution in [2.75, 3.05) is 7.11 Å². The lowest BCUT2D eigenvalue weighted by Gasteiger charge is -2.57. The SMILES string of the molecule is COc1ccc(C[Si]([Si](C)(C)C)([Si](C)(C)C)[Si](C)(C)C)cc1. The molecule has 0 unspecified atom stereocenters. The molecule has 0 fully saturated rings. The Labute approximate surface area is 141 Å². The Morgan fingerprint density at radius 3 is 1.32 bits per heavy atom. The fraction of sp³-hybridized carbons (Fsp3) is 0.647. The summed E-state index contributed by atoms with van der Waals surface area (Å²) < 4.78 is 5.34. The molecule has 22 heavy (non-hydrogen) atoms. The Bertz CT molecular complexity index is 453. The van der Waals surface area contributed by atoms with Crippen LogP contribution in [0.5, 0.6) is 5.75 Å². The third-order valence-corrected chi connectivity index (χ3v) is 79.2. The van der Waals surface area contributed by atoms with E-state index >= 15 is 0 Å². The highest BCUT2D eigenvalue weighted by Gasteiger charge is 2.60. The van der Waals surface area contributed by atoms with E-state index in [9.17, 15) is 0 Å². The summed E-state index contributed by atoms with van der Waals surface area (Å²) >= 11 is 0. The van der Waals surface area contributed by atoms with Crippen molar-refractivity contribution < 1.29 is 4.74 Å². The minimum atomic E-state index is -1.29. The van der Waals surface area contributed by atoms with E-state index in [4.69, 9.17) is 4.74 Å². The van der Waals surface area contributed by atoms with Crippen LogP contribution in [-0.2, 0) is 6.04 Å². The molecule has 0 heterocycles. The van der Waals surface area contributed by atoms with E-state index in [1.54, 1.807) is 12.7 Å². The second-order valence-corrected chi connectivity index (χ2v) is 51.0. The van der Waals surface area contributed by atoms with E-state index in [0.29, 0.717) is 0 Å². The highest BCUT2D eigenvalue weighted by atomic mass is 29.9. The molecule has 0 aliphatic rings. The van der Waals surface area contributed by atoms with Crippen molar-refractivity contribution in [1.82, 2.24) is 0 Å². The zero-order valence-electron chi connectivity index (χ0n) is 16.4. The summed E-state index contributed by atoms with van der Waals surface area (Å²) in [6, 6.07) is 10.3. The van der Waals surface area contributed by atoms with Crippen LogP contribution in [-0.4, -0.2) is 36.5 Å². The molecule has 5 heteroatoms. The fourth-order valence-electron chi connectivity index (χ4n) is 5.22. The maximum atomic E-state index is 5.34. The summed E-state index contributed by atoms with van der Waals surface area (Å²) in [5.41, 5.74) is 1.56. The normalized spacial score (nSPS) is 14.1. The van der Waals surface area contributed by atoms with E-state index in [1.807, 2.05) is 0 Å². The van der Waals surface area contributed by atoms with Gasteiger partial charge in [0, 0.05) is 29.4 Å². The summed E-state index contributed by atoms with van der Waals surface area (Å²) in [5, 5.41) is 0. The highest BCUT2D eigenvalue weighted by Crippen LogP contribution is 2.39. The Balaban J connectivity index is 3.43. The third-order valence-electron chi connectivity index (χ3n) is 5.47. The van der Waals surface area contributed by atoms with Gasteiger partial charge in [-0.15, -0.1) is 0 Å². The Kier molecular flexibility index (Phi) is 5.81. The van der Waals surface area contributed by atoms with Crippen LogP contribution in [0.1, 0.15) is 5.56 Å². The van der Waals surface area contributed by atoms with Crippen molar-refractivity contribution in [3.63, 3.8) is 0 Å². The number of benzene rings is 1. The van der Waals surface area contributed by atoms with Crippen LogP contribution in [0.2, 0.25) is 58.9 Å². The van der Waals surface area contributed by atoms with Gasteiger partial charge in [-0.3, -0.25) is 0 Å². The predicted octanol–water partition coefficient (Wildman–Crippen LogP) is 5.48. The molecule has 0 N–H and O–H groups in total. The molecule has 0 saturated carbocycles. The van der Waals surface area contributed by atoms with Gasteiger partial charge in [-0.05, 0) is 18.2 Å². The Morgan fingerprint density at radius 2 is 1.05 bits per heavy atom. The van der Waals surface area contributed by atoms with Crippen LogP contribution < -0.4 is 4.74 Å². The van der Waals surface area contributed by atoms with Gasteiger partial charge in [0.25, 0.3) is 0 Å². The van der Waals surface area contributed by atoms with Gasteiger partial charge in [0.05, 0.1) is 7.11 Å². The van der Waals surface area contributed by atoms with Crippen LogP contribution in [0.4, 0.5) is 0 Å². The maximum absolute atomic E-state index is 5.34. The molecule has 1 rings (SSSR count). The van der Waals surface area contributed by atoms with E-state index in [2.05, 4.69) is 83.2 Å². The van der Waals surface area contributed by atoms with Crippen molar-refractivity contribution in [2.45, 2.75) is 65.0 Å². The standard InChI is InChI=1S/C17H36OSi4/c1-18-17-13-11-16(12-14-17)15-22(19(2,3)4,20(5,6)7)21(8,9)10/h11-14H,15H2,1-10H3. The molecule has 1 aromatic carbocycles. The molecule has 1 aromatic rings. The van der Waals surface area contributed by atoms with Crippen LogP contribution in [0.25, 0.3) is 0 Å². The van der Waals surface area contributed by atoms with Crippen molar-refractivity contribution in [1.29, 1.82) is 0 Å². The molecule has 0 aliphatic carbocycles. The first kappa shape index (κ1) is 19.9. The minimum absolute atomic E-state index is 0.977. The average Bonchev–Trinajstić information content (AvgIpc) is 2.32. The summed E-state index contributed by atoms with van der Waals surface area (Å²) in [6.45, 7) is 22.7. The van der Waals surface area contributed by atoms with Crippen LogP contribution in [0.15, 0.2) is 24.3 Å². The molecule has 1 nitrogen and oxygen atoms in total. The van der Waals surface area contributed by atoms with Crippen molar-refractivity contribution in [2.24, 2.45) is 0 Å². The Morgan fingerprint density at radius 1 is 0.682 bits per heavy atom. The van der Waals surface area contributed by atoms with E-state index in [1.165, 1.54) is 6.04 Å². The first-order valence-electron chi connectivity index (χ1n) is 8.39. The molecule has 0 radical (unpaired) electrons. The first-order valence-corrected chi connectivity index (χ1v) is 24.1. The number of ether oxygens (including phenoxy) is 1. The lowest BCUT2D eigenvalue weighted by Crippen LogP contribution is -2.84. The second kappa shape index (κ2) is 6.41. The number of hydrogen-bond acceptors (Lipinski definition) is 1. The molecule has 0 bridgehead atoms. The van der Waals surface area contributed by atoms with Crippen molar-refractivity contribution >= 4 is 29.4 Å². The molecule has 0 aromatic heterocycles. The smallest absolute Gasteiger partial charge is 0.118 e. The predicted molar refractivity (Wildman–Crippen MR) is 112 cm³/mol. The van der Waals surface area contributed by atoms with Crippen molar-refractivity contribution in [3.05, 3.63) is 29.8 Å². The third kappa shape index (κ3) is 3.68. The van der Waals surface area contributed by atoms with Gasteiger partial charge in [0.2, 0.25) is 0 Å². The van der Waals surface area contributed by atoms with E-state index < -0.39 is 29.4 Å². The largest absolute Gasteiger partial charge is 0.497 e. The average molecular weight is 369 g/mol. The van der Waals surface area contributed by atoms with Crippen molar-refractivity contribution in [3.8, 4) is 5.75 Å². The maximum Gasteiger partial charge on any atom is 0.118 e. The highest BCUT2D eigenvalue weighted by molar-refractivity contribution is 7.89. The van der Waals surface area contributed by atoms with Gasteiger partial charge in [0.15, 0.2) is 0 Å². The molecule has 0 spiro atoms. The van der Waals surface area contributed by atoms with Gasteiger partial charge in [-0.25, -0.2) is 0 Å². The summed E-state index contributed by atoms with van der Waals surface area (Å²) in [4.78, 5) is 0. The first-order chi connectivity index (χ1) is 9.76. The summed E-state index contributed by atoms with van der Waals surface area (Å²) in [6.07, 6.45) is 0. The molecule has 0 amide bonds. The molecule has 0 atom stereocenters. The summed E-state index contributed by atoms with van der Waals surface area (Å²) in [7, 11) is -1.79. The molecule has 0 saturated heterocycles. The quantitative estimate of drug-likeness (QED) is 0.604. The van der Waals surface area contributed by atoms with Crippen LogP contribution >= 0.6 is 0 Å². The fourth-order valence-corrected chi connectivity index (χ4v) is 102. The van der Waals surface area contributed by atoms with Gasteiger partial charge in [-0.2, -0.15) is 0 Å². The monoisotopic (exact) mass is 368 g/mol. The van der Waals surface area contributed by atoms with Gasteiger partial charge in [-0.1, -0.05) is 76.6 Å². The van der Waals surface area contributed by atoms with Gasteiger partial charge in [0.1, 0.15) is 5.75 Å². The van der Waals surface area contributed by atoms with Gasteiger partial charge < -0.3 is 4.74 Å². The molecule has 0 aliphatic heterocycles. The molecule has 126 valence electrons. The zero-order chi connectivity index (χ0) is 17.4. The van der Waals surface area contributed by atoms with Crippen LogP contribution in [0.3, 0.4) is 0 Å². The summed E-state index contributed by atoms with van der Waals surface area (Å²) in [5.74, 6) is 0.977. The Hall–Kier alpha value is -0.112. The number of hydrogen-bond donors (Lipinski definition) is 0. The van der Waals surface area contributed by atoms with Crippen LogP contribution in [0, 0.1) is 0 Å². The topological polar surface area (TPSA) is 9.23 Å². The minimum Gasteiger partial charge on any atom is -0.497 e. The number of methoxy groups -OCH3 is 1. The van der Waals surface area contributed by atoms with Gasteiger partial charge >= 0.3 is 0 Å². The number of rotatable bonds is 6. The second-order valence-electron chi connectivity index (χ2n) is 9.68. The lowest BCUT2D eigenvalue weighted by atomic mass is 10.2.